The van der Waals surface area contributed by atoms with Gasteiger partial charge in [0, 0.05) is 18.0 Å². The van der Waals surface area contributed by atoms with Gasteiger partial charge in [0.1, 0.15) is 5.00 Å². The van der Waals surface area contributed by atoms with Gasteiger partial charge in [-0.25, -0.2) is 0 Å². The van der Waals surface area contributed by atoms with E-state index in [-0.39, 0.29) is 11.8 Å². The van der Waals surface area contributed by atoms with Gasteiger partial charge >= 0.3 is 0 Å². The number of amides is 2. The Morgan fingerprint density at radius 2 is 2.15 bits per heavy atom. The molecule has 106 valence electrons. The van der Waals surface area contributed by atoms with E-state index in [9.17, 15) is 9.59 Å². The van der Waals surface area contributed by atoms with Crippen LogP contribution in [0.15, 0.2) is 23.6 Å². The van der Waals surface area contributed by atoms with Crippen LogP contribution in [0, 0.1) is 6.92 Å². The fraction of sp³-hybridized carbons (Fsp3) is 0.231. The minimum Gasteiger partial charge on any atom is -0.351 e. The summed E-state index contributed by atoms with van der Waals surface area (Å²) in [6.45, 7) is 2.68. The average Bonchev–Trinajstić information content (AvgIpc) is 3.05. The van der Waals surface area contributed by atoms with Crippen LogP contribution in [0.25, 0.3) is 0 Å². The number of carbonyl (C=O) groups is 2. The van der Waals surface area contributed by atoms with Gasteiger partial charge in [0.2, 0.25) is 0 Å². The summed E-state index contributed by atoms with van der Waals surface area (Å²) in [4.78, 5) is 25.6. The van der Waals surface area contributed by atoms with E-state index in [1.165, 1.54) is 22.7 Å². The van der Waals surface area contributed by atoms with Gasteiger partial charge in [-0.2, -0.15) is 0 Å². The molecule has 0 bridgehead atoms. The topological polar surface area (TPSA) is 84.2 Å². The molecule has 2 aromatic heterocycles. The second-order valence-electron chi connectivity index (χ2n) is 4.08. The van der Waals surface area contributed by atoms with Gasteiger partial charge in [-0.3, -0.25) is 9.59 Å². The van der Waals surface area contributed by atoms with E-state index in [0.717, 1.165) is 4.88 Å². The number of carbonyl (C=O) groups excluding carboxylic acids is 2. The third-order valence-electron chi connectivity index (χ3n) is 2.50. The first kappa shape index (κ1) is 14.7. The van der Waals surface area contributed by atoms with E-state index < -0.39 is 0 Å². The van der Waals surface area contributed by atoms with Crippen molar-refractivity contribution in [3.63, 3.8) is 0 Å². The maximum Gasteiger partial charge on any atom is 0.266 e. The number of aryl methyl sites for hydroxylation is 1. The Morgan fingerprint density at radius 3 is 2.80 bits per heavy atom. The van der Waals surface area contributed by atoms with Gasteiger partial charge < -0.3 is 16.4 Å². The molecule has 2 aromatic rings. The Balaban J connectivity index is 2.15. The Labute approximate surface area is 124 Å². The molecule has 0 saturated carbocycles. The molecule has 20 heavy (non-hydrogen) atoms. The molecular formula is C13H15N3O2S2. The predicted molar refractivity (Wildman–Crippen MR) is 82.7 cm³/mol. The second-order valence-corrected chi connectivity index (χ2v) is 6.28. The van der Waals surface area contributed by atoms with Crippen molar-refractivity contribution in [3.8, 4) is 0 Å². The van der Waals surface area contributed by atoms with Crippen LogP contribution in [0.5, 0.6) is 0 Å². The van der Waals surface area contributed by atoms with E-state index in [1.54, 1.807) is 12.1 Å². The lowest BCUT2D eigenvalue weighted by molar-refractivity contribution is 0.0956. The van der Waals surface area contributed by atoms with Gasteiger partial charge in [0.15, 0.2) is 0 Å². The lowest BCUT2D eigenvalue weighted by Gasteiger charge is -2.06. The van der Waals surface area contributed by atoms with E-state index in [2.05, 4.69) is 10.6 Å². The molecular weight excluding hydrogens is 294 g/mol. The normalized spacial score (nSPS) is 10.3. The number of nitrogens with two attached hydrogens (primary N) is 1. The number of thiophene rings is 2. The summed E-state index contributed by atoms with van der Waals surface area (Å²) in [5.74, 6) is -0.420. The maximum absolute atomic E-state index is 12.0. The first-order chi connectivity index (χ1) is 9.61. The van der Waals surface area contributed by atoms with E-state index in [4.69, 9.17) is 5.73 Å². The molecule has 4 N–H and O–H groups in total. The van der Waals surface area contributed by atoms with Crippen molar-refractivity contribution >= 4 is 39.5 Å². The minimum atomic E-state index is -0.221. The van der Waals surface area contributed by atoms with Crippen molar-refractivity contribution in [1.82, 2.24) is 5.32 Å². The molecule has 0 aliphatic carbocycles. The van der Waals surface area contributed by atoms with Crippen LogP contribution in [-0.4, -0.2) is 24.9 Å². The van der Waals surface area contributed by atoms with Gasteiger partial charge in [-0.05, 0) is 24.4 Å². The molecule has 2 heterocycles. The zero-order valence-corrected chi connectivity index (χ0v) is 12.6. The van der Waals surface area contributed by atoms with E-state index >= 15 is 0 Å². The van der Waals surface area contributed by atoms with Crippen LogP contribution in [0.1, 0.15) is 24.9 Å². The standard InChI is InChI=1S/C13H15N3O2S2/c1-8-7-9(11(17)15-5-4-14)13(20-8)16-12(18)10-3-2-6-19-10/h2-3,6-7H,4-5,14H2,1H3,(H,15,17)(H,16,18). The highest BCUT2D eigenvalue weighted by molar-refractivity contribution is 7.17. The largest absolute Gasteiger partial charge is 0.351 e. The summed E-state index contributed by atoms with van der Waals surface area (Å²) in [7, 11) is 0. The van der Waals surface area contributed by atoms with Crippen LogP contribution in [0.2, 0.25) is 0 Å². The Kier molecular flexibility index (Phi) is 4.89. The van der Waals surface area contributed by atoms with Gasteiger partial charge in [-0.1, -0.05) is 6.07 Å². The van der Waals surface area contributed by atoms with Crippen molar-refractivity contribution in [1.29, 1.82) is 0 Å². The number of anilines is 1. The average molecular weight is 309 g/mol. The SMILES string of the molecule is Cc1cc(C(=O)NCCN)c(NC(=O)c2cccs2)s1. The molecule has 2 rings (SSSR count). The lowest BCUT2D eigenvalue weighted by Crippen LogP contribution is -2.29. The van der Waals surface area contributed by atoms with Crippen LogP contribution < -0.4 is 16.4 Å². The summed E-state index contributed by atoms with van der Waals surface area (Å²) in [5, 5.41) is 7.90. The molecule has 0 aromatic carbocycles. The number of hydrogen-bond acceptors (Lipinski definition) is 5. The van der Waals surface area contributed by atoms with E-state index in [0.29, 0.717) is 28.5 Å². The molecule has 2 amide bonds. The quantitative estimate of drug-likeness (QED) is 0.790. The van der Waals surface area contributed by atoms with Crippen LogP contribution in [0.3, 0.4) is 0 Å². The highest BCUT2D eigenvalue weighted by Crippen LogP contribution is 2.28. The fourth-order valence-electron chi connectivity index (χ4n) is 1.63. The molecule has 0 spiro atoms. The smallest absolute Gasteiger partial charge is 0.266 e. The summed E-state index contributed by atoms with van der Waals surface area (Å²) in [6, 6.07) is 5.32. The predicted octanol–water partition coefficient (Wildman–Crippen LogP) is 2.06. The number of rotatable bonds is 5. The first-order valence-corrected chi connectivity index (χ1v) is 7.75. The first-order valence-electron chi connectivity index (χ1n) is 6.05. The molecule has 0 aliphatic rings. The third kappa shape index (κ3) is 3.44. The van der Waals surface area contributed by atoms with Gasteiger partial charge in [0.05, 0.1) is 10.4 Å². The van der Waals surface area contributed by atoms with Gasteiger partial charge in [-0.15, -0.1) is 22.7 Å². The molecule has 0 fully saturated rings. The minimum absolute atomic E-state index is 0.199. The van der Waals surface area contributed by atoms with Crippen LogP contribution in [0.4, 0.5) is 5.00 Å². The van der Waals surface area contributed by atoms with Crippen molar-refractivity contribution in [2.75, 3.05) is 18.4 Å². The summed E-state index contributed by atoms with van der Waals surface area (Å²) in [6.07, 6.45) is 0. The Morgan fingerprint density at radius 1 is 1.35 bits per heavy atom. The highest BCUT2D eigenvalue weighted by Gasteiger charge is 2.17. The Hall–Kier alpha value is -1.70. The van der Waals surface area contributed by atoms with Gasteiger partial charge in [0.25, 0.3) is 11.8 Å². The van der Waals surface area contributed by atoms with Crippen LogP contribution >= 0.6 is 22.7 Å². The molecule has 0 aliphatic heterocycles. The molecule has 5 nitrogen and oxygen atoms in total. The molecule has 0 saturated heterocycles. The zero-order valence-electron chi connectivity index (χ0n) is 10.9. The highest BCUT2D eigenvalue weighted by atomic mass is 32.1. The lowest BCUT2D eigenvalue weighted by atomic mass is 10.2. The molecule has 0 radical (unpaired) electrons. The second kappa shape index (κ2) is 6.65. The molecule has 0 unspecified atom stereocenters. The monoisotopic (exact) mass is 309 g/mol. The maximum atomic E-state index is 12.0. The molecule has 7 heteroatoms. The fourth-order valence-corrected chi connectivity index (χ4v) is 3.15. The number of hydrogen-bond donors (Lipinski definition) is 3. The van der Waals surface area contributed by atoms with E-state index in [1.807, 2.05) is 18.4 Å². The van der Waals surface area contributed by atoms with Crippen molar-refractivity contribution in [2.24, 2.45) is 5.73 Å². The van der Waals surface area contributed by atoms with Crippen molar-refractivity contribution in [2.45, 2.75) is 6.92 Å². The van der Waals surface area contributed by atoms with Crippen molar-refractivity contribution in [3.05, 3.63) is 38.9 Å². The van der Waals surface area contributed by atoms with Crippen molar-refractivity contribution < 1.29 is 9.59 Å². The third-order valence-corrected chi connectivity index (χ3v) is 4.34. The Bertz CT molecular complexity index is 605. The van der Waals surface area contributed by atoms with Crippen LogP contribution in [-0.2, 0) is 0 Å². The summed E-state index contributed by atoms with van der Waals surface area (Å²) < 4.78 is 0. The number of nitrogens with one attached hydrogen (secondary N) is 2. The molecule has 0 atom stereocenters. The summed E-state index contributed by atoms with van der Waals surface area (Å²) >= 11 is 2.74. The zero-order chi connectivity index (χ0) is 14.5. The summed E-state index contributed by atoms with van der Waals surface area (Å²) in [5.41, 5.74) is 5.84.